The second-order valence-corrected chi connectivity index (χ2v) is 12.0. The number of aryl methyl sites for hydroxylation is 2. The fraction of sp³-hybridized carbons (Fsp3) is 0.346. The fourth-order valence-electron chi connectivity index (χ4n) is 5.55. The van der Waals surface area contributed by atoms with Gasteiger partial charge in [-0.15, -0.1) is 0 Å². The minimum absolute atomic E-state index is 0.0226. The highest BCUT2D eigenvalue weighted by Crippen LogP contribution is 2.45. The number of rotatable bonds is 3. The van der Waals surface area contributed by atoms with Gasteiger partial charge in [0.15, 0.2) is 0 Å². The Hall–Kier alpha value is -1.97. The van der Waals surface area contributed by atoms with Crippen LogP contribution in [-0.4, -0.2) is 34.3 Å². The van der Waals surface area contributed by atoms with E-state index in [0.29, 0.717) is 19.5 Å². The van der Waals surface area contributed by atoms with Crippen molar-refractivity contribution in [1.29, 1.82) is 0 Å². The van der Waals surface area contributed by atoms with E-state index in [4.69, 9.17) is 0 Å². The van der Waals surface area contributed by atoms with Gasteiger partial charge >= 0.3 is 0 Å². The number of likely N-dealkylation sites (tertiary alicyclic amines) is 1. The van der Waals surface area contributed by atoms with Crippen molar-refractivity contribution < 1.29 is 24.7 Å². The molecule has 6 nitrogen and oxygen atoms in total. The molecule has 35 heavy (non-hydrogen) atoms. The molecule has 5 rings (SSSR count). The number of aromatic nitrogens is 2. The van der Waals surface area contributed by atoms with Crippen LogP contribution < -0.4 is 9.46 Å². The molecule has 0 saturated carbocycles. The van der Waals surface area contributed by atoms with E-state index in [1.54, 1.807) is 18.3 Å². The van der Waals surface area contributed by atoms with Gasteiger partial charge in [0.05, 0.1) is 16.8 Å². The number of hydrogen-bond acceptors (Lipinski definition) is 3. The van der Waals surface area contributed by atoms with Crippen LogP contribution in [0.25, 0.3) is 0 Å². The molecule has 2 aromatic heterocycles. The molecule has 182 valence electrons. The lowest BCUT2D eigenvalue weighted by atomic mass is 9.76. The highest BCUT2D eigenvalue weighted by Gasteiger charge is 2.41. The molecule has 1 aliphatic heterocycles. The van der Waals surface area contributed by atoms with Crippen LogP contribution in [0.1, 0.15) is 46.7 Å². The summed E-state index contributed by atoms with van der Waals surface area (Å²) in [5.41, 5.74) is 5.50. The molecule has 1 atom stereocenters. The van der Waals surface area contributed by atoms with Crippen molar-refractivity contribution in [2.24, 2.45) is 5.92 Å². The summed E-state index contributed by atoms with van der Waals surface area (Å²) in [6.07, 6.45) is 8.59. The highest BCUT2D eigenvalue weighted by atomic mass is 79.9. The third-order valence-electron chi connectivity index (χ3n) is 7.18. The largest absolute Gasteiger partial charge is 0.342 e. The van der Waals surface area contributed by atoms with Crippen molar-refractivity contribution in [3.8, 4) is 0 Å². The Balaban J connectivity index is 1.43. The number of benzene rings is 1. The van der Waals surface area contributed by atoms with E-state index < -0.39 is 0 Å². The SMILES string of the molecule is O=C(Cc1cc[n+](O)cc1)N1CCC([C@@H]2c3c(Br)cc(Br)cc3CCc3cc(Br)c[n+](O)c32)CC1. The molecule has 1 amide bonds. The lowest BCUT2D eigenvalue weighted by Crippen LogP contribution is -2.44. The molecule has 0 unspecified atom stereocenters. The molecule has 2 N–H and O–H groups in total. The molecule has 3 heterocycles. The number of fused-ring (bicyclic) bond motifs is 2. The maximum absolute atomic E-state index is 13.0. The zero-order valence-corrected chi connectivity index (χ0v) is 23.8. The number of halogens is 3. The smallest absolute Gasteiger partial charge is 0.245 e. The third kappa shape index (κ3) is 5.13. The monoisotopic (exact) mass is 665 g/mol. The number of amides is 1. The summed E-state index contributed by atoms with van der Waals surface area (Å²) in [5.74, 6) is 0.415. The molecule has 1 saturated heterocycles. The molecule has 1 fully saturated rings. The van der Waals surface area contributed by atoms with Crippen molar-refractivity contribution in [1.82, 2.24) is 4.90 Å². The van der Waals surface area contributed by atoms with Gasteiger partial charge in [-0.1, -0.05) is 31.9 Å². The Bertz CT molecular complexity index is 1220. The number of carbonyl (C=O) groups is 1. The van der Waals surface area contributed by atoms with Gasteiger partial charge in [0.1, 0.15) is 0 Å². The Morgan fingerprint density at radius 3 is 2.34 bits per heavy atom. The van der Waals surface area contributed by atoms with Gasteiger partial charge in [0.2, 0.25) is 30.2 Å². The topological polar surface area (TPSA) is 68.5 Å². The molecular weight excluding hydrogens is 642 g/mol. The first-order valence-electron chi connectivity index (χ1n) is 11.7. The van der Waals surface area contributed by atoms with E-state index in [1.165, 1.54) is 28.3 Å². The van der Waals surface area contributed by atoms with Gasteiger partial charge in [-0.2, -0.15) is 0 Å². The molecule has 0 radical (unpaired) electrons. The summed E-state index contributed by atoms with van der Waals surface area (Å²) < 4.78 is 5.22. The van der Waals surface area contributed by atoms with E-state index >= 15 is 0 Å². The number of piperidine rings is 1. The van der Waals surface area contributed by atoms with Crippen LogP contribution in [0, 0.1) is 5.92 Å². The zero-order valence-electron chi connectivity index (χ0n) is 19.0. The minimum atomic E-state index is 0.0226. The molecule has 9 heteroatoms. The first-order valence-corrected chi connectivity index (χ1v) is 14.1. The number of pyridine rings is 2. The van der Waals surface area contributed by atoms with Crippen LogP contribution in [0.5, 0.6) is 0 Å². The van der Waals surface area contributed by atoms with Gasteiger partial charge in [-0.05, 0) is 82.4 Å². The lowest BCUT2D eigenvalue weighted by molar-refractivity contribution is -0.911. The van der Waals surface area contributed by atoms with E-state index in [9.17, 15) is 15.2 Å². The summed E-state index contributed by atoms with van der Waals surface area (Å²) in [7, 11) is 0. The summed E-state index contributed by atoms with van der Waals surface area (Å²) in [5, 5.41) is 20.5. The molecule has 1 aromatic carbocycles. The van der Waals surface area contributed by atoms with Crippen LogP contribution >= 0.6 is 47.8 Å². The van der Waals surface area contributed by atoms with Gasteiger partial charge < -0.3 is 4.90 Å². The van der Waals surface area contributed by atoms with E-state index in [-0.39, 0.29) is 17.7 Å². The maximum atomic E-state index is 13.0. The molecule has 3 aromatic rings. The van der Waals surface area contributed by atoms with Crippen molar-refractivity contribution in [3.63, 3.8) is 0 Å². The quantitative estimate of drug-likeness (QED) is 0.314. The molecule has 0 bridgehead atoms. The average molecular weight is 668 g/mol. The predicted octanol–water partition coefficient (Wildman–Crippen LogP) is 4.74. The van der Waals surface area contributed by atoms with E-state index in [0.717, 1.165) is 60.7 Å². The number of carbonyl (C=O) groups excluding carboxylic acids is 1. The second kappa shape index (κ2) is 10.2. The standard InChI is InChI=1S/C26H26Br3N3O3/c27-20-12-18-1-2-19-13-21(28)15-32(35)26(19)25(24(18)22(29)14-20)17-5-7-30(8-6-17)23(33)11-16-3-9-31(34)10-4-16/h3-4,9-10,12-15,17,25,34-35H,1-2,5-8,11H2/q+2/t25-/m1/s1. The van der Waals surface area contributed by atoms with Gasteiger partial charge in [-0.25, -0.2) is 0 Å². The van der Waals surface area contributed by atoms with Gasteiger partial charge in [0.25, 0.3) is 0 Å². The fourth-order valence-corrected chi connectivity index (χ4v) is 7.58. The summed E-state index contributed by atoms with van der Waals surface area (Å²) >= 11 is 11.0. The first kappa shape index (κ1) is 24.7. The summed E-state index contributed by atoms with van der Waals surface area (Å²) in [4.78, 5) is 14.9. The van der Waals surface area contributed by atoms with Crippen LogP contribution in [0.2, 0.25) is 0 Å². The number of nitrogens with zero attached hydrogens (tertiary/aromatic N) is 3. The van der Waals surface area contributed by atoms with E-state index in [2.05, 4.69) is 66.0 Å². The van der Waals surface area contributed by atoms with Crippen LogP contribution in [0.3, 0.4) is 0 Å². The summed E-state index contributed by atoms with van der Waals surface area (Å²) in [6.45, 7) is 1.38. The van der Waals surface area contributed by atoms with Crippen LogP contribution in [0.4, 0.5) is 0 Å². The maximum Gasteiger partial charge on any atom is 0.245 e. The highest BCUT2D eigenvalue weighted by molar-refractivity contribution is 9.11. The first-order chi connectivity index (χ1) is 16.8. The van der Waals surface area contributed by atoms with Crippen molar-refractivity contribution in [2.75, 3.05) is 13.1 Å². The molecule has 1 aliphatic carbocycles. The van der Waals surface area contributed by atoms with Crippen molar-refractivity contribution in [2.45, 2.75) is 38.0 Å². The Labute approximate surface area is 229 Å². The molecular formula is C26H26Br3N3O3+2. The van der Waals surface area contributed by atoms with Crippen LogP contribution in [0.15, 0.2) is 62.3 Å². The minimum Gasteiger partial charge on any atom is -0.342 e. The predicted molar refractivity (Wildman–Crippen MR) is 139 cm³/mol. The molecule has 2 aliphatic rings. The third-order valence-corrected chi connectivity index (χ3v) is 8.73. The Morgan fingerprint density at radius 1 is 0.971 bits per heavy atom. The Kier molecular flexibility index (Phi) is 7.19. The van der Waals surface area contributed by atoms with Crippen LogP contribution in [-0.2, 0) is 24.1 Å². The molecule has 0 spiro atoms. The normalized spacial score (nSPS) is 18.0. The van der Waals surface area contributed by atoms with Gasteiger partial charge in [-0.3, -0.25) is 15.2 Å². The van der Waals surface area contributed by atoms with E-state index in [1.807, 2.05) is 4.90 Å². The average Bonchev–Trinajstić information content (AvgIpc) is 2.98. The Morgan fingerprint density at radius 2 is 1.63 bits per heavy atom. The van der Waals surface area contributed by atoms with Gasteiger partial charge in [0, 0.05) is 49.2 Å². The summed E-state index contributed by atoms with van der Waals surface area (Å²) in [6, 6.07) is 9.93. The zero-order chi connectivity index (χ0) is 24.7. The number of hydrogen-bond donors (Lipinski definition) is 2. The second-order valence-electron chi connectivity index (χ2n) is 9.33. The lowest BCUT2D eigenvalue weighted by Gasteiger charge is -2.36. The van der Waals surface area contributed by atoms with Crippen molar-refractivity contribution in [3.05, 3.63) is 90.3 Å². The van der Waals surface area contributed by atoms with Crippen molar-refractivity contribution >= 4 is 53.7 Å².